The topological polar surface area (TPSA) is 66.3 Å². The van der Waals surface area contributed by atoms with Crippen LogP contribution in [0.2, 0.25) is 0 Å². The Hall–Kier alpha value is -2.15. The van der Waals surface area contributed by atoms with E-state index in [0.29, 0.717) is 5.69 Å². The van der Waals surface area contributed by atoms with E-state index in [-0.39, 0.29) is 11.9 Å². The summed E-state index contributed by atoms with van der Waals surface area (Å²) in [4.78, 5) is 23.2. The zero-order valence-corrected chi connectivity index (χ0v) is 18.7. The third-order valence-corrected chi connectivity index (χ3v) is 7.24. The number of piperidine rings is 1. The van der Waals surface area contributed by atoms with Crippen LogP contribution in [0.3, 0.4) is 0 Å². The van der Waals surface area contributed by atoms with Gasteiger partial charge in [0.2, 0.25) is 0 Å². The molecule has 6 heterocycles. The van der Waals surface area contributed by atoms with E-state index in [2.05, 4.69) is 27.2 Å². The van der Waals surface area contributed by atoms with Gasteiger partial charge < -0.3 is 15.1 Å². The fraction of sp³-hybridized carbons (Fsp3) is 0.708. The summed E-state index contributed by atoms with van der Waals surface area (Å²) in [6, 6.07) is 4.42. The van der Waals surface area contributed by atoms with E-state index in [1.165, 1.54) is 51.5 Å². The molecule has 7 nitrogen and oxygen atoms in total. The normalized spacial score (nSPS) is 26.2. The summed E-state index contributed by atoms with van der Waals surface area (Å²) in [7, 11) is 0. The zero-order valence-electron chi connectivity index (χ0n) is 18.7. The molecular weight excluding hydrogens is 388 g/mol. The summed E-state index contributed by atoms with van der Waals surface area (Å²) in [6.07, 6.45) is 11.9. The molecule has 31 heavy (non-hydrogen) atoms. The lowest BCUT2D eigenvalue weighted by molar-refractivity contribution is 0.0906. The smallest absolute Gasteiger partial charge is 0.272 e. The van der Waals surface area contributed by atoms with Crippen molar-refractivity contribution in [3.8, 4) is 0 Å². The van der Waals surface area contributed by atoms with Crippen LogP contribution in [-0.2, 0) is 6.54 Å². The summed E-state index contributed by atoms with van der Waals surface area (Å²) in [5.41, 5.74) is 1.41. The number of pyridine rings is 1. The van der Waals surface area contributed by atoms with Gasteiger partial charge in [-0.25, -0.2) is 9.67 Å². The van der Waals surface area contributed by atoms with E-state index in [1.54, 1.807) is 0 Å². The molecule has 0 radical (unpaired) electrons. The molecule has 6 rings (SSSR count). The standard InChI is InChI=1S/C24H36N6O/c31-24-22-20-9-10-21(29-14-6-2-3-7-15-29)26-23(20)30(27-22)16-8-4-1-5-13-28-17-11-19(25-24)12-18-28/h9-10,19H,1-8,11-18H2,(H,25,31). The molecule has 0 aliphatic carbocycles. The number of nitrogens with one attached hydrogen (secondary N) is 1. The third-order valence-electron chi connectivity index (χ3n) is 7.24. The monoisotopic (exact) mass is 424 g/mol. The first-order valence-corrected chi connectivity index (χ1v) is 12.4. The van der Waals surface area contributed by atoms with Gasteiger partial charge in [-0.15, -0.1) is 0 Å². The van der Waals surface area contributed by atoms with Crippen LogP contribution in [0.15, 0.2) is 12.1 Å². The molecule has 168 valence electrons. The van der Waals surface area contributed by atoms with Crippen molar-refractivity contribution >= 4 is 22.8 Å². The average molecular weight is 425 g/mol. The minimum Gasteiger partial charge on any atom is -0.357 e. The molecule has 7 heteroatoms. The second-order valence-electron chi connectivity index (χ2n) is 9.52. The number of aromatic nitrogens is 3. The summed E-state index contributed by atoms with van der Waals surface area (Å²) in [6.45, 7) is 6.32. The van der Waals surface area contributed by atoms with Crippen molar-refractivity contribution in [3.63, 3.8) is 0 Å². The van der Waals surface area contributed by atoms with Crippen molar-refractivity contribution in [1.82, 2.24) is 25.0 Å². The molecule has 4 aliphatic heterocycles. The van der Waals surface area contributed by atoms with Gasteiger partial charge in [0.15, 0.2) is 11.3 Å². The van der Waals surface area contributed by atoms with Crippen molar-refractivity contribution in [3.05, 3.63) is 17.8 Å². The Balaban J connectivity index is 1.46. The maximum atomic E-state index is 13.2. The second kappa shape index (κ2) is 9.55. The molecule has 0 saturated carbocycles. The number of anilines is 1. The summed E-state index contributed by atoms with van der Waals surface area (Å²) in [5, 5.41) is 8.94. The fourth-order valence-electron chi connectivity index (χ4n) is 5.35. The number of hydrogen-bond donors (Lipinski definition) is 1. The molecule has 4 aliphatic rings. The molecule has 4 bridgehead atoms. The molecule has 2 aromatic rings. The Labute approximate surface area is 185 Å². The van der Waals surface area contributed by atoms with Crippen LogP contribution < -0.4 is 10.2 Å². The minimum absolute atomic E-state index is 0.0404. The van der Waals surface area contributed by atoms with Crippen molar-refractivity contribution in [2.45, 2.75) is 76.8 Å². The first-order valence-electron chi connectivity index (χ1n) is 12.4. The first kappa shape index (κ1) is 20.7. The Bertz CT molecular complexity index is 893. The minimum atomic E-state index is -0.0404. The van der Waals surface area contributed by atoms with Crippen LogP contribution >= 0.6 is 0 Å². The van der Waals surface area contributed by atoms with Crippen LogP contribution in [-0.4, -0.2) is 64.3 Å². The number of hydrogen-bond acceptors (Lipinski definition) is 5. The lowest BCUT2D eigenvalue weighted by atomic mass is 10.0. The van der Waals surface area contributed by atoms with Crippen molar-refractivity contribution in [2.24, 2.45) is 0 Å². The predicted octanol–water partition coefficient (Wildman–Crippen LogP) is 3.58. The van der Waals surface area contributed by atoms with Gasteiger partial charge in [0.1, 0.15) is 5.82 Å². The van der Waals surface area contributed by atoms with E-state index >= 15 is 0 Å². The van der Waals surface area contributed by atoms with E-state index in [1.807, 2.05) is 4.68 Å². The number of aryl methyl sites for hydroxylation is 1. The maximum absolute atomic E-state index is 13.2. The molecule has 1 N–H and O–H groups in total. The largest absolute Gasteiger partial charge is 0.357 e. The van der Waals surface area contributed by atoms with Crippen LogP contribution in [0.1, 0.15) is 74.7 Å². The molecule has 2 saturated heterocycles. The first-order chi connectivity index (χ1) is 15.3. The number of fused-ring (bicyclic) bond motifs is 9. The number of rotatable bonds is 1. The Kier molecular flexibility index (Phi) is 6.39. The van der Waals surface area contributed by atoms with Gasteiger partial charge in [0, 0.05) is 38.8 Å². The second-order valence-corrected chi connectivity index (χ2v) is 9.52. The van der Waals surface area contributed by atoms with Crippen molar-refractivity contribution < 1.29 is 4.79 Å². The number of carbonyl (C=O) groups excluding carboxylic acids is 1. The van der Waals surface area contributed by atoms with Crippen LogP contribution in [0.4, 0.5) is 5.82 Å². The van der Waals surface area contributed by atoms with E-state index < -0.39 is 0 Å². The fourth-order valence-corrected chi connectivity index (χ4v) is 5.35. The number of carbonyl (C=O) groups is 1. The molecule has 0 unspecified atom stereocenters. The SMILES string of the molecule is O=C1NC2CCN(CCCCCCn3nc1c1ccc(N4CCCCCC4)nc13)CC2. The number of nitrogens with zero attached hydrogens (tertiary/aromatic N) is 5. The molecule has 0 spiro atoms. The molecule has 2 aromatic heterocycles. The van der Waals surface area contributed by atoms with Gasteiger partial charge in [-0.3, -0.25) is 4.79 Å². The molecule has 0 atom stereocenters. The quantitative estimate of drug-likeness (QED) is 0.758. The molecule has 2 fully saturated rings. The van der Waals surface area contributed by atoms with Gasteiger partial charge in [-0.2, -0.15) is 5.10 Å². The Morgan fingerprint density at radius 3 is 2.23 bits per heavy atom. The van der Waals surface area contributed by atoms with Gasteiger partial charge in [-0.05, 0) is 57.2 Å². The lowest BCUT2D eigenvalue weighted by Crippen LogP contribution is -2.45. The summed E-state index contributed by atoms with van der Waals surface area (Å²) in [5.74, 6) is 0.991. The van der Waals surface area contributed by atoms with Crippen molar-refractivity contribution in [1.29, 1.82) is 0 Å². The highest BCUT2D eigenvalue weighted by atomic mass is 16.2. The predicted molar refractivity (Wildman–Crippen MR) is 124 cm³/mol. The highest BCUT2D eigenvalue weighted by Gasteiger charge is 2.25. The van der Waals surface area contributed by atoms with E-state index in [9.17, 15) is 4.79 Å². The zero-order chi connectivity index (χ0) is 21.0. The molecular formula is C24H36N6O. The van der Waals surface area contributed by atoms with E-state index in [4.69, 9.17) is 10.1 Å². The summed E-state index contributed by atoms with van der Waals surface area (Å²) < 4.78 is 1.99. The average Bonchev–Trinajstić information content (AvgIpc) is 2.95. The maximum Gasteiger partial charge on any atom is 0.272 e. The Morgan fingerprint density at radius 2 is 1.48 bits per heavy atom. The lowest BCUT2D eigenvalue weighted by Gasteiger charge is -2.32. The van der Waals surface area contributed by atoms with Crippen LogP contribution in [0.5, 0.6) is 0 Å². The molecule has 1 amide bonds. The van der Waals surface area contributed by atoms with Crippen molar-refractivity contribution in [2.75, 3.05) is 37.6 Å². The Morgan fingerprint density at radius 1 is 0.806 bits per heavy atom. The highest BCUT2D eigenvalue weighted by Crippen LogP contribution is 2.25. The van der Waals surface area contributed by atoms with Crippen LogP contribution in [0.25, 0.3) is 11.0 Å². The van der Waals surface area contributed by atoms with Gasteiger partial charge in [0.05, 0.1) is 5.39 Å². The number of amides is 1. The van der Waals surface area contributed by atoms with E-state index in [0.717, 1.165) is 68.8 Å². The van der Waals surface area contributed by atoms with Gasteiger partial charge >= 0.3 is 0 Å². The summed E-state index contributed by atoms with van der Waals surface area (Å²) >= 11 is 0. The van der Waals surface area contributed by atoms with Gasteiger partial charge in [-0.1, -0.05) is 25.7 Å². The molecule has 0 aromatic carbocycles. The highest BCUT2D eigenvalue weighted by molar-refractivity contribution is 6.04. The van der Waals surface area contributed by atoms with Gasteiger partial charge in [0.25, 0.3) is 5.91 Å². The van der Waals surface area contributed by atoms with Crippen LogP contribution in [0, 0.1) is 0 Å². The third kappa shape index (κ3) is 4.71.